The van der Waals surface area contributed by atoms with Gasteiger partial charge in [0.25, 0.3) is 0 Å². The Kier molecular flexibility index (Phi) is 11.9. The van der Waals surface area contributed by atoms with Crippen LogP contribution in [0.15, 0.2) is 0 Å². The molecule has 7 heteroatoms. The summed E-state index contributed by atoms with van der Waals surface area (Å²) < 4.78 is 35.3. The molecule has 0 radical (unpaired) electrons. The number of aliphatic hydroxyl groups excluding tert-OH is 1. The zero-order valence-corrected chi connectivity index (χ0v) is 15.8. The van der Waals surface area contributed by atoms with Crippen LogP contribution in [0.5, 0.6) is 0 Å². The van der Waals surface area contributed by atoms with Crippen LogP contribution in [0.3, 0.4) is 0 Å². The van der Waals surface area contributed by atoms with Crippen molar-refractivity contribution >= 4 is 10.4 Å². The highest BCUT2D eigenvalue weighted by Gasteiger charge is 2.41. The Morgan fingerprint density at radius 2 is 1.33 bits per heavy atom. The van der Waals surface area contributed by atoms with E-state index >= 15 is 0 Å². The summed E-state index contributed by atoms with van der Waals surface area (Å²) in [6.07, 6.45) is 13.3. The van der Waals surface area contributed by atoms with Crippen LogP contribution in [0.4, 0.5) is 0 Å². The van der Waals surface area contributed by atoms with E-state index < -0.39 is 22.8 Å². The van der Waals surface area contributed by atoms with Gasteiger partial charge in [-0.3, -0.25) is 0 Å². The summed E-state index contributed by atoms with van der Waals surface area (Å²) >= 11 is 0. The molecule has 1 unspecified atom stereocenters. The van der Waals surface area contributed by atoms with Crippen LogP contribution < -0.4 is 0 Å². The van der Waals surface area contributed by atoms with Gasteiger partial charge in [-0.25, -0.2) is 8.37 Å². The minimum absolute atomic E-state index is 0.0260. The Hall–Kier alpha value is -0.210. The van der Waals surface area contributed by atoms with Crippen LogP contribution in [-0.4, -0.2) is 39.1 Å². The summed E-state index contributed by atoms with van der Waals surface area (Å²) in [6.45, 7) is 2.84. The molecule has 144 valence electrons. The molecule has 0 aliphatic carbocycles. The lowest BCUT2D eigenvalue weighted by Crippen LogP contribution is -2.46. The van der Waals surface area contributed by atoms with Crippen molar-refractivity contribution in [2.24, 2.45) is 0 Å². The SMILES string of the molecule is CCCCCCCCCCCCCCOCC(O)C1OS(=O)(=O)O1. The van der Waals surface area contributed by atoms with E-state index in [1.807, 2.05) is 0 Å². The second-order valence-corrected chi connectivity index (χ2v) is 7.70. The smallest absolute Gasteiger partial charge is 0.385 e. The van der Waals surface area contributed by atoms with Gasteiger partial charge in [-0.15, -0.1) is 0 Å². The monoisotopic (exact) mass is 366 g/mol. The van der Waals surface area contributed by atoms with Gasteiger partial charge in [0.2, 0.25) is 6.29 Å². The number of unbranched alkanes of at least 4 members (excludes halogenated alkanes) is 11. The molecular formula is C17H34O6S. The third-order valence-corrected chi connectivity index (χ3v) is 5.02. The van der Waals surface area contributed by atoms with E-state index in [4.69, 9.17) is 4.74 Å². The first-order valence-electron chi connectivity index (χ1n) is 9.42. The summed E-state index contributed by atoms with van der Waals surface area (Å²) in [5.41, 5.74) is 0. The van der Waals surface area contributed by atoms with Crippen LogP contribution >= 0.6 is 0 Å². The first-order chi connectivity index (χ1) is 11.5. The lowest BCUT2D eigenvalue weighted by molar-refractivity contribution is -0.163. The normalized spacial score (nSPS) is 18.4. The molecule has 0 saturated carbocycles. The highest BCUT2D eigenvalue weighted by Crippen LogP contribution is 2.21. The number of rotatable bonds is 16. The van der Waals surface area contributed by atoms with Gasteiger partial charge in [-0.1, -0.05) is 77.6 Å². The molecule has 1 saturated heterocycles. The Morgan fingerprint density at radius 3 is 1.79 bits per heavy atom. The summed E-state index contributed by atoms with van der Waals surface area (Å²) in [4.78, 5) is 0. The van der Waals surface area contributed by atoms with Crippen molar-refractivity contribution in [1.29, 1.82) is 0 Å². The van der Waals surface area contributed by atoms with Gasteiger partial charge in [0.1, 0.15) is 6.10 Å². The van der Waals surface area contributed by atoms with Crippen molar-refractivity contribution in [2.45, 2.75) is 96.4 Å². The van der Waals surface area contributed by atoms with E-state index in [-0.39, 0.29) is 6.61 Å². The quantitative estimate of drug-likeness (QED) is 0.420. The van der Waals surface area contributed by atoms with Gasteiger partial charge >= 0.3 is 10.4 Å². The van der Waals surface area contributed by atoms with E-state index in [1.54, 1.807) is 0 Å². The largest absolute Gasteiger partial charge is 0.405 e. The minimum Gasteiger partial charge on any atom is -0.385 e. The predicted octanol–water partition coefficient (Wildman–Crippen LogP) is 3.68. The van der Waals surface area contributed by atoms with Crippen molar-refractivity contribution < 1.29 is 26.6 Å². The number of ether oxygens (including phenoxy) is 1. The fourth-order valence-electron chi connectivity index (χ4n) is 2.70. The molecule has 1 atom stereocenters. The van der Waals surface area contributed by atoms with Crippen LogP contribution in [0.2, 0.25) is 0 Å². The average Bonchev–Trinajstić information content (AvgIpc) is 2.52. The van der Waals surface area contributed by atoms with Crippen molar-refractivity contribution in [3.63, 3.8) is 0 Å². The summed E-state index contributed by atoms with van der Waals surface area (Å²) in [7, 11) is -3.85. The van der Waals surface area contributed by atoms with Crippen molar-refractivity contribution in [2.75, 3.05) is 13.2 Å². The Labute approximate surface area is 147 Å². The van der Waals surface area contributed by atoms with Gasteiger partial charge in [0.05, 0.1) is 6.61 Å². The van der Waals surface area contributed by atoms with Crippen molar-refractivity contribution in [1.82, 2.24) is 0 Å². The fraction of sp³-hybridized carbons (Fsp3) is 1.00. The molecule has 1 fully saturated rings. The van der Waals surface area contributed by atoms with Crippen LogP contribution in [0.1, 0.15) is 84.0 Å². The summed E-state index contributed by atoms with van der Waals surface area (Å²) in [6, 6.07) is 0. The Bertz CT molecular complexity index is 386. The maximum absolute atomic E-state index is 10.6. The average molecular weight is 367 g/mol. The van der Waals surface area contributed by atoms with Crippen LogP contribution in [-0.2, 0) is 23.5 Å². The molecule has 0 bridgehead atoms. The first-order valence-corrected chi connectivity index (χ1v) is 10.8. The zero-order valence-electron chi connectivity index (χ0n) is 15.0. The maximum Gasteiger partial charge on any atom is 0.405 e. The van der Waals surface area contributed by atoms with Crippen LogP contribution in [0.25, 0.3) is 0 Å². The molecule has 1 aliphatic heterocycles. The Balaban J connectivity index is 1.75. The molecule has 1 aliphatic rings. The fourth-order valence-corrected chi connectivity index (χ4v) is 3.43. The van der Waals surface area contributed by atoms with Crippen LogP contribution in [0, 0.1) is 0 Å². The third kappa shape index (κ3) is 10.6. The van der Waals surface area contributed by atoms with Gasteiger partial charge < -0.3 is 9.84 Å². The van der Waals surface area contributed by atoms with E-state index in [0.717, 1.165) is 12.8 Å². The maximum atomic E-state index is 10.6. The summed E-state index contributed by atoms with van der Waals surface area (Å²) in [5.74, 6) is 0. The highest BCUT2D eigenvalue weighted by molar-refractivity contribution is 7.82. The second kappa shape index (κ2) is 13.1. The lowest BCUT2D eigenvalue weighted by Gasteiger charge is -2.28. The van der Waals surface area contributed by atoms with E-state index in [1.165, 1.54) is 64.2 Å². The topological polar surface area (TPSA) is 82.1 Å². The first kappa shape index (κ1) is 21.8. The third-order valence-electron chi connectivity index (χ3n) is 4.17. The zero-order chi connectivity index (χ0) is 17.7. The summed E-state index contributed by atoms with van der Waals surface area (Å²) in [5, 5.41) is 9.55. The van der Waals surface area contributed by atoms with E-state index in [2.05, 4.69) is 15.3 Å². The predicted molar refractivity (Wildman–Crippen MR) is 92.8 cm³/mol. The van der Waals surface area contributed by atoms with Gasteiger partial charge in [-0.2, -0.15) is 8.42 Å². The van der Waals surface area contributed by atoms with Gasteiger partial charge in [0, 0.05) is 6.61 Å². The van der Waals surface area contributed by atoms with Gasteiger partial charge in [-0.05, 0) is 6.42 Å². The molecule has 1 heterocycles. The molecule has 0 aromatic rings. The van der Waals surface area contributed by atoms with E-state index in [0.29, 0.717) is 6.61 Å². The molecule has 0 amide bonds. The standard InChI is InChI=1S/C17H34O6S/c1-2-3-4-5-6-7-8-9-10-11-12-13-14-21-15-16(18)17-22-24(19,20)23-17/h16-18H,2-15H2,1H3. The number of aliphatic hydroxyl groups is 1. The molecule has 6 nitrogen and oxygen atoms in total. The molecular weight excluding hydrogens is 332 g/mol. The van der Waals surface area contributed by atoms with Crippen molar-refractivity contribution in [3.05, 3.63) is 0 Å². The number of hydrogen-bond acceptors (Lipinski definition) is 6. The molecule has 1 N–H and O–H groups in total. The van der Waals surface area contributed by atoms with Gasteiger partial charge in [0.15, 0.2) is 0 Å². The second-order valence-electron chi connectivity index (χ2n) is 6.50. The van der Waals surface area contributed by atoms with Crippen molar-refractivity contribution in [3.8, 4) is 0 Å². The molecule has 1 rings (SSSR count). The lowest BCUT2D eigenvalue weighted by atomic mass is 10.1. The minimum atomic E-state index is -3.85. The Morgan fingerprint density at radius 1 is 0.875 bits per heavy atom. The highest BCUT2D eigenvalue weighted by atomic mass is 32.3. The molecule has 0 spiro atoms. The molecule has 24 heavy (non-hydrogen) atoms. The molecule has 0 aromatic heterocycles. The molecule has 0 aromatic carbocycles. The number of hydrogen-bond donors (Lipinski definition) is 1. The van der Waals surface area contributed by atoms with E-state index in [9.17, 15) is 13.5 Å².